The lowest BCUT2D eigenvalue weighted by atomic mass is 9.96. The van der Waals surface area contributed by atoms with Gasteiger partial charge in [0.1, 0.15) is 5.82 Å². The zero-order valence-electron chi connectivity index (χ0n) is 14.0. The summed E-state index contributed by atoms with van der Waals surface area (Å²) >= 11 is 0. The Morgan fingerprint density at radius 3 is 2.52 bits per heavy atom. The van der Waals surface area contributed by atoms with E-state index in [0.717, 1.165) is 27.9 Å². The maximum Gasteiger partial charge on any atom is 0.306 e. The minimum absolute atomic E-state index is 0.215. The van der Waals surface area contributed by atoms with Gasteiger partial charge in [0.2, 0.25) is 0 Å². The number of ether oxygens (including phenoxy) is 1. The number of pyridine rings is 1. The summed E-state index contributed by atoms with van der Waals surface area (Å²) in [5.74, 6) is -0.490. The van der Waals surface area contributed by atoms with E-state index in [4.69, 9.17) is 4.74 Å². The Kier molecular flexibility index (Phi) is 5.23. The second-order valence-corrected chi connectivity index (χ2v) is 5.61. The van der Waals surface area contributed by atoms with Crippen molar-refractivity contribution in [3.8, 4) is 22.4 Å². The number of benzene rings is 1. The number of carbonyl (C=O) groups excluding carboxylic acids is 1. The van der Waals surface area contributed by atoms with Gasteiger partial charge in [0, 0.05) is 30.6 Å². The average Bonchev–Trinajstić information content (AvgIpc) is 3.05. The Morgan fingerprint density at radius 2 is 1.84 bits per heavy atom. The SMILES string of the molecule is CCOC(=O)CCc1c[nH]c(-c2ccc(F)cc2)c1-c1ccncc1. The second kappa shape index (κ2) is 7.75. The molecule has 3 rings (SSSR count). The molecule has 0 saturated carbocycles. The van der Waals surface area contributed by atoms with Crippen LogP contribution in [0.25, 0.3) is 22.4 Å². The van der Waals surface area contributed by atoms with Crippen molar-refractivity contribution >= 4 is 5.97 Å². The molecule has 0 aliphatic heterocycles. The number of hydrogen-bond donors (Lipinski definition) is 1. The van der Waals surface area contributed by atoms with Crippen LogP contribution in [-0.4, -0.2) is 22.5 Å². The molecule has 0 saturated heterocycles. The number of esters is 1. The van der Waals surface area contributed by atoms with Crippen molar-refractivity contribution in [2.24, 2.45) is 0 Å². The van der Waals surface area contributed by atoms with Crippen molar-refractivity contribution < 1.29 is 13.9 Å². The largest absolute Gasteiger partial charge is 0.466 e. The van der Waals surface area contributed by atoms with Crippen LogP contribution in [0.3, 0.4) is 0 Å². The van der Waals surface area contributed by atoms with Gasteiger partial charge in [-0.2, -0.15) is 0 Å². The molecule has 0 fully saturated rings. The van der Waals surface area contributed by atoms with Crippen LogP contribution in [-0.2, 0) is 16.0 Å². The highest BCUT2D eigenvalue weighted by molar-refractivity contribution is 5.84. The molecule has 0 bridgehead atoms. The summed E-state index contributed by atoms with van der Waals surface area (Å²) in [6.07, 6.45) is 6.23. The summed E-state index contributed by atoms with van der Waals surface area (Å²) in [5, 5.41) is 0. The van der Waals surface area contributed by atoms with Crippen LogP contribution in [0.2, 0.25) is 0 Å². The molecule has 25 heavy (non-hydrogen) atoms. The first kappa shape index (κ1) is 16.9. The molecule has 0 amide bonds. The highest BCUT2D eigenvalue weighted by Crippen LogP contribution is 2.35. The Bertz CT molecular complexity index is 842. The molecule has 0 atom stereocenters. The summed E-state index contributed by atoms with van der Waals surface area (Å²) in [4.78, 5) is 19.0. The van der Waals surface area contributed by atoms with Crippen LogP contribution in [0.5, 0.6) is 0 Å². The minimum Gasteiger partial charge on any atom is -0.466 e. The number of rotatable bonds is 6. The van der Waals surface area contributed by atoms with E-state index in [1.54, 1.807) is 31.5 Å². The van der Waals surface area contributed by atoms with Crippen molar-refractivity contribution in [2.45, 2.75) is 19.8 Å². The standard InChI is InChI=1S/C20H19FN2O2/c1-2-25-18(24)8-5-16-13-23-20(15-3-6-17(21)7-4-15)19(16)14-9-11-22-12-10-14/h3-4,6-7,9-13,23H,2,5,8H2,1H3. The zero-order valence-corrected chi connectivity index (χ0v) is 14.0. The van der Waals surface area contributed by atoms with Gasteiger partial charge in [-0.3, -0.25) is 9.78 Å². The average molecular weight is 338 g/mol. The number of aryl methyl sites for hydroxylation is 1. The van der Waals surface area contributed by atoms with E-state index < -0.39 is 0 Å². The van der Waals surface area contributed by atoms with E-state index in [2.05, 4.69) is 9.97 Å². The molecule has 0 radical (unpaired) electrons. The van der Waals surface area contributed by atoms with Gasteiger partial charge in [-0.05, 0) is 66.4 Å². The Labute approximate surface area is 145 Å². The van der Waals surface area contributed by atoms with Crippen LogP contribution in [0.4, 0.5) is 4.39 Å². The van der Waals surface area contributed by atoms with Crippen LogP contribution >= 0.6 is 0 Å². The lowest BCUT2D eigenvalue weighted by molar-refractivity contribution is -0.143. The zero-order chi connectivity index (χ0) is 17.6. The predicted molar refractivity (Wildman–Crippen MR) is 94.4 cm³/mol. The Morgan fingerprint density at radius 1 is 1.12 bits per heavy atom. The van der Waals surface area contributed by atoms with Crippen molar-refractivity contribution in [1.82, 2.24) is 9.97 Å². The van der Waals surface area contributed by atoms with Gasteiger partial charge in [0.25, 0.3) is 0 Å². The van der Waals surface area contributed by atoms with Crippen LogP contribution in [0, 0.1) is 5.82 Å². The van der Waals surface area contributed by atoms with E-state index >= 15 is 0 Å². The highest BCUT2D eigenvalue weighted by Gasteiger charge is 2.16. The number of halogens is 1. The van der Waals surface area contributed by atoms with Gasteiger partial charge in [0.15, 0.2) is 0 Å². The maximum atomic E-state index is 13.2. The summed E-state index contributed by atoms with van der Waals surface area (Å²) in [6.45, 7) is 2.17. The number of nitrogens with zero attached hydrogens (tertiary/aromatic N) is 1. The van der Waals surface area contributed by atoms with Gasteiger partial charge in [-0.1, -0.05) is 0 Å². The van der Waals surface area contributed by atoms with E-state index in [1.807, 2.05) is 18.3 Å². The Hall–Kier alpha value is -2.95. The number of nitrogens with one attached hydrogen (secondary N) is 1. The third-order valence-corrected chi connectivity index (χ3v) is 3.97. The maximum absolute atomic E-state index is 13.2. The number of aromatic nitrogens is 2. The van der Waals surface area contributed by atoms with Gasteiger partial charge in [0.05, 0.1) is 12.3 Å². The molecule has 4 nitrogen and oxygen atoms in total. The predicted octanol–water partition coefficient (Wildman–Crippen LogP) is 4.38. The molecule has 2 heterocycles. The first-order valence-corrected chi connectivity index (χ1v) is 8.21. The monoisotopic (exact) mass is 338 g/mol. The fraction of sp³-hybridized carbons (Fsp3) is 0.200. The first-order valence-electron chi connectivity index (χ1n) is 8.21. The Balaban J connectivity index is 1.98. The second-order valence-electron chi connectivity index (χ2n) is 5.61. The van der Waals surface area contributed by atoms with Crippen LogP contribution in [0.15, 0.2) is 55.0 Å². The fourth-order valence-corrected chi connectivity index (χ4v) is 2.82. The van der Waals surface area contributed by atoms with E-state index in [1.165, 1.54) is 12.1 Å². The fourth-order valence-electron chi connectivity index (χ4n) is 2.82. The van der Waals surface area contributed by atoms with Crippen LogP contribution in [0.1, 0.15) is 18.9 Å². The molecule has 0 spiro atoms. The lowest BCUT2D eigenvalue weighted by Gasteiger charge is -2.08. The summed E-state index contributed by atoms with van der Waals surface area (Å²) < 4.78 is 18.3. The van der Waals surface area contributed by atoms with Gasteiger partial charge < -0.3 is 9.72 Å². The van der Waals surface area contributed by atoms with Gasteiger partial charge in [-0.15, -0.1) is 0 Å². The quantitative estimate of drug-likeness (QED) is 0.679. The topological polar surface area (TPSA) is 55.0 Å². The first-order chi connectivity index (χ1) is 12.2. The normalized spacial score (nSPS) is 10.6. The number of aromatic amines is 1. The minimum atomic E-state index is -0.275. The highest BCUT2D eigenvalue weighted by atomic mass is 19.1. The van der Waals surface area contributed by atoms with Crippen molar-refractivity contribution in [2.75, 3.05) is 6.61 Å². The number of H-pyrrole nitrogens is 1. The van der Waals surface area contributed by atoms with Crippen LogP contribution < -0.4 is 0 Å². The van der Waals surface area contributed by atoms with Crippen molar-refractivity contribution in [3.05, 3.63) is 66.4 Å². The molecule has 128 valence electrons. The van der Waals surface area contributed by atoms with E-state index in [0.29, 0.717) is 19.4 Å². The molecular weight excluding hydrogens is 319 g/mol. The molecule has 1 aromatic carbocycles. The lowest BCUT2D eigenvalue weighted by Crippen LogP contribution is -2.05. The summed E-state index contributed by atoms with van der Waals surface area (Å²) in [6, 6.07) is 10.2. The third-order valence-electron chi connectivity index (χ3n) is 3.97. The molecule has 0 aliphatic carbocycles. The summed E-state index contributed by atoms with van der Waals surface area (Å²) in [7, 11) is 0. The molecule has 5 heteroatoms. The number of carbonyl (C=O) groups is 1. The van der Waals surface area contributed by atoms with Crippen molar-refractivity contribution in [1.29, 1.82) is 0 Å². The molecule has 2 aromatic heterocycles. The van der Waals surface area contributed by atoms with E-state index in [9.17, 15) is 9.18 Å². The number of hydrogen-bond acceptors (Lipinski definition) is 3. The van der Waals surface area contributed by atoms with Crippen molar-refractivity contribution in [3.63, 3.8) is 0 Å². The van der Waals surface area contributed by atoms with Gasteiger partial charge in [-0.25, -0.2) is 4.39 Å². The molecule has 0 aliphatic rings. The van der Waals surface area contributed by atoms with E-state index in [-0.39, 0.29) is 11.8 Å². The molecular formula is C20H19FN2O2. The van der Waals surface area contributed by atoms with Gasteiger partial charge >= 0.3 is 5.97 Å². The molecule has 0 unspecified atom stereocenters. The molecule has 3 aromatic rings. The smallest absolute Gasteiger partial charge is 0.306 e. The molecule has 1 N–H and O–H groups in total. The third kappa shape index (κ3) is 3.94. The summed E-state index contributed by atoms with van der Waals surface area (Å²) in [5.41, 5.74) is 4.78.